The fourth-order valence-electron chi connectivity index (χ4n) is 4.46. The number of hydrogen-bond acceptors (Lipinski definition) is 2. The molecule has 5 aromatic rings. The van der Waals surface area contributed by atoms with Gasteiger partial charge in [-0.05, 0) is 60.9 Å². The summed E-state index contributed by atoms with van der Waals surface area (Å²) >= 11 is 5.89. The molecule has 0 bridgehead atoms. The van der Waals surface area contributed by atoms with E-state index in [1.54, 1.807) is 12.1 Å². The quantitative estimate of drug-likeness (QED) is 0.202. The van der Waals surface area contributed by atoms with E-state index in [-0.39, 0.29) is 29.3 Å². The number of ether oxygens (including phenoxy) is 1. The van der Waals surface area contributed by atoms with E-state index in [1.165, 1.54) is 28.9 Å². The van der Waals surface area contributed by atoms with Crippen molar-refractivity contribution in [1.29, 1.82) is 0 Å². The Bertz CT molecular complexity index is 1640. The minimum absolute atomic E-state index is 0.0759. The predicted molar refractivity (Wildman–Crippen MR) is 141 cm³/mol. The summed E-state index contributed by atoms with van der Waals surface area (Å²) < 4.78 is 63.6. The molecule has 1 aromatic heterocycles. The van der Waals surface area contributed by atoms with Gasteiger partial charge in [-0.25, -0.2) is 4.39 Å². The molecule has 4 aromatic carbocycles. The Morgan fingerprint density at radius 2 is 1.68 bits per heavy atom. The van der Waals surface area contributed by atoms with E-state index in [4.69, 9.17) is 16.3 Å². The minimum Gasteiger partial charge on any atom is -0.489 e. The standard InChI is InChI=1S/C30H23ClF4N2O/c1-18-6-3-11-27(19(18)2)38-17-20-7-4-8-21(14-20)29-24-9-5-10-25(30(33,34)35)28(24)36-37(29)16-22-12-13-23(31)15-26(22)32/h3-15H,16-17H2,1-2H3. The average molecular weight is 539 g/mol. The molecule has 194 valence electrons. The first-order valence-electron chi connectivity index (χ1n) is 11.9. The van der Waals surface area contributed by atoms with E-state index in [2.05, 4.69) is 5.10 Å². The number of alkyl halides is 3. The third-order valence-electron chi connectivity index (χ3n) is 6.56. The van der Waals surface area contributed by atoms with Gasteiger partial charge < -0.3 is 4.74 Å². The van der Waals surface area contributed by atoms with E-state index < -0.39 is 17.6 Å². The van der Waals surface area contributed by atoms with Crippen molar-refractivity contribution in [3.63, 3.8) is 0 Å². The Balaban J connectivity index is 1.60. The molecule has 3 nitrogen and oxygen atoms in total. The van der Waals surface area contributed by atoms with E-state index in [1.807, 2.05) is 50.2 Å². The van der Waals surface area contributed by atoms with Gasteiger partial charge >= 0.3 is 6.18 Å². The first-order chi connectivity index (χ1) is 18.1. The topological polar surface area (TPSA) is 27.1 Å². The van der Waals surface area contributed by atoms with Gasteiger partial charge in [-0.1, -0.05) is 60.1 Å². The van der Waals surface area contributed by atoms with Crippen LogP contribution in [0.3, 0.4) is 0 Å². The van der Waals surface area contributed by atoms with Crippen LogP contribution in [-0.2, 0) is 19.3 Å². The molecule has 0 unspecified atom stereocenters. The van der Waals surface area contributed by atoms with Gasteiger partial charge in [0.2, 0.25) is 0 Å². The lowest BCUT2D eigenvalue weighted by atomic mass is 10.0. The Morgan fingerprint density at radius 1 is 0.921 bits per heavy atom. The third kappa shape index (κ3) is 5.11. The molecule has 0 aliphatic carbocycles. The molecule has 1 heterocycles. The summed E-state index contributed by atoms with van der Waals surface area (Å²) in [7, 11) is 0. The highest BCUT2D eigenvalue weighted by molar-refractivity contribution is 6.30. The summed E-state index contributed by atoms with van der Waals surface area (Å²) in [5.41, 5.74) is 3.29. The second-order valence-corrected chi connectivity index (χ2v) is 9.57. The van der Waals surface area contributed by atoms with Crippen molar-refractivity contribution in [3.8, 4) is 17.0 Å². The van der Waals surface area contributed by atoms with Gasteiger partial charge in [0.1, 0.15) is 23.7 Å². The average Bonchev–Trinajstić information content (AvgIpc) is 3.24. The second kappa shape index (κ2) is 10.1. The highest BCUT2D eigenvalue weighted by Gasteiger charge is 2.34. The molecule has 0 saturated heterocycles. The zero-order chi connectivity index (χ0) is 27.0. The molecule has 8 heteroatoms. The Morgan fingerprint density at radius 3 is 2.45 bits per heavy atom. The number of fused-ring (bicyclic) bond motifs is 1. The van der Waals surface area contributed by atoms with Crippen molar-refractivity contribution in [2.75, 3.05) is 0 Å². The molecule has 38 heavy (non-hydrogen) atoms. The predicted octanol–water partition coefficient (Wildman–Crippen LogP) is 8.76. The summed E-state index contributed by atoms with van der Waals surface area (Å²) in [4.78, 5) is 0. The van der Waals surface area contributed by atoms with Gasteiger partial charge in [0, 0.05) is 21.5 Å². The van der Waals surface area contributed by atoms with Crippen LogP contribution < -0.4 is 4.74 Å². The molecule has 0 aliphatic heterocycles. The number of hydrogen-bond donors (Lipinski definition) is 0. The first kappa shape index (κ1) is 25.8. The summed E-state index contributed by atoms with van der Waals surface area (Å²) in [6.07, 6.45) is -4.59. The molecule has 0 fully saturated rings. The Labute approximate surface area is 222 Å². The normalized spacial score (nSPS) is 11.8. The third-order valence-corrected chi connectivity index (χ3v) is 6.80. The highest BCUT2D eigenvalue weighted by Crippen LogP contribution is 2.38. The molecule has 0 radical (unpaired) electrons. The molecule has 0 N–H and O–H groups in total. The fourth-order valence-corrected chi connectivity index (χ4v) is 4.62. The van der Waals surface area contributed by atoms with Crippen molar-refractivity contribution in [1.82, 2.24) is 9.78 Å². The first-order valence-corrected chi connectivity index (χ1v) is 12.3. The number of halogens is 5. The SMILES string of the molecule is Cc1cccc(OCc2cccc(-c3c4cccc(C(F)(F)F)c4nn3Cc3ccc(Cl)cc3F)c2)c1C. The molecular weight excluding hydrogens is 516 g/mol. The van der Waals surface area contributed by atoms with Crippen LogP contribution in [0.2, 0.25) is 5.02 Å². The molecule has 0 atom stereocenters. The van der Waals surface area contributed by atoms with Gasteiger partial charge in [-0.2, -0.15) is 18.3 Å². The minimum atomic E-state index is -4.59. The molecule has 0 amide bonds. The van der Waals surface area contributed by atoms with E-state index in [0.29, 0.717) is 16.6 Å². The zero-order valence-electron chi connectivity index (χ0n) is 20.6. The maximum Gasteiger partial charge on any atom is 0.418 e. The van der Waals surface area contributed by atoms with Crippen molar-refractivity contribution >= 4 is 22.5 Å². The number of benzene rings is 4. The summed E-state index contributed by atoms with van der Waals surface area (Å²) in [6, 6.07) is 21.4. The molecule has 0 spiro atoms. The summed E-state index contributed by atoms with van der Waals surface area (Å²) in [5, 5.41) is 4.88. The molecular formula is C30H23ClF4N2O. The molecule has 5 rings (SSSR count). The number of rotatable bonds is 6. The maximum atomic E-state index is 14.7. The van der Waals surface area contributed by atoms with Crippen LogP contribution >= 0.6 is 11.6 Å². The zero-order valence-corrected chi connectivity index (χ0v) is 21.4. The van der Waals surface area contributed by atoms with Crippen LogP contribution in [0.15, 0.2) is 78.9 Å². The second-order valence-electron chi connectivity index (χ2n) is 9.13. The van der Waals surface area contributed by atoms with E-state index >= 15 is 0 Å². The summed E-state index contributed by atoms with van der Waals surface area (Å²) in [6.45, 7) is 4.19. The van der Waals surface area contributed by atoms with Crippen LogP contribution in [0.1, 0.15) is 27.8 Å². The van der Waals surface area contributed by atoms with E-state index in [0.717, 1.165) is 28.5 Å². The lowest BCUT2D eigenvalue weighted by Crippen LogP contribution is -2.07. The Kier molecular flexibility index (Phi) is 6.88. The number of aryl methyl sites for hydroxylation is 1. The van der Waals surface area contributed by atoms with Crippen LogP contribution in [0.5, 0.6) is 5.75 Å². The molecule has 0 aliphatic rings. The van der Waals surface area contributed by atoms with Crippen LogP contribution in [0, 0.1) is 19.7 Å². The monoisotopic (exact) mass is 538 g/mol. The van der Waals surface area contributed by atoms with Gasteiger partial charge in [-0.3, -0.25) is 4.68 Å². The van der Waals surface area contributed by atoms with Crippen LogP contribution in [-0.4, -0.2) is 9.78 Å². The smallest absolute Gasteiger partial charge is 0.418 e. The lowest BCUT2D eigenvalue weighted by Gasteiger charge is -2.13. The van der Waals surface area contributed by atoms with Crippen molar-refractivity contribution in [2.45, 2.75) is 33.2 Å². The largest absolute Gasteiger partial charge is 0.489 e. The van der Waals surface area contributed by atoms with Gasteiger partial charge in [0.05, 0.1) is 17.8 Å². The van der Waals surface area contributed by atoms with Gasteiger partial charge in [0.25, 0.3) is 0 Å². The fraction of sp³-hybridized carbons (Fsp3) is 0.167. The lowest BCUT2D eigenvalue weighted by molar-refractivity contribution is -0.136. The Hall–Kier alpha value is -3.84. The number of nitrogens with zero attached hydrogens (tertiary/aromatic N) is 2. The van der Waals surface area contributed by atoms with Crippen molar-refractivity contribution in [3.05, 3.63) is 118 Å². The summed E-state index contributed by atoms with van der Waals surface area (Å²) in [5.74, 6) is 0.202. The maximum absolute atomic E-state index is 14.7. The molecule has 0 saturated carbocycles. The van der Waals surface area contributed by atoms with Crippen molar-refractivity contribution < 1.29 is 22.3 Å². The van der Waals surface area contributed by atoms with Gasteiger partial charge in [-0.15, -0.1) is 0 Å². The van der Waals surface area contributed by atoms with Gasteiger partial charge in [0.15, 0.2) is 0 Å². The highest BCUT2D eigenvalue weighted by atomic mass is 35.5. The number of aromatic nitrogens is 2. The van der Waals surface area contributed by atoms with Crippen molar-refractivity contribution in [2.24, 2.45) is 0 Å². The van der Waals surface area contributed by atoms with Crippen LogP contribution in [0.4, 0.5) is 17.6 Å². The van der Waals surface area contributed by atoms with Crippen LogP contribution in [0.25, 0.3) is 22.2 Å². The van der Waals surface area contributed by atoms with E-state index in [9.17, 15) is 17.6 Å².